The van der Waals surface area contributed by atoms with Crippen molar-refractivity contribution in [3.8, 4) is 5.75 Å². The number of urea groups is 1. The molecule has 0 unspecified atom stereocenters. The third-order valence-corrected chi connectivity index (χ3v) is 9.08. The van der Waals surface area contributed by atoms with E-state index in [1.807, 2.05) is 56.3 Å². The number of aliphatic hydroxyl groups is 1. The Morgan fingerprint density at radius 3 is 2.56 bits per heavy atom. The molecule has 4 atom stereocenters. The fraction of sp³-hybridized carbons (Fsp3) is 0.385. The predicted molar refractivity (Wildman–Crippen MR) is 195 cm³/mol. The summed E-state index contributed by atoms with van der Waals surface area (Å²) in [6, 6.07) is 21.1. The molecule has 11 heteroatoms. The lowest BCUT2D eigenvalue weighted by Crippen LogP contribution is -2.48. The Hall–Kier alpha value is -5.00. The molecule has 0 saturated heterocycles. The minimum absolute atomic E-state index is 0.191. The maximum absolute atomic E-state index is 14.4. The number of aromatic nitrogens is 1. The summed E-state index contributed by atoms with van der Waals surface area (Å²) in [4.78, 5) is 48.0. The Bertz CT molecular complexity index is 1760. The van der Waals surface area contributed by atoms with E-state index in [2.05, 4.69) is 15.6 Å². The van der Waals surface area contributed by atoms with Crippen LogP contribution in [0.5, 0.6) is 5.75 Å². The summed E-state index contributed by atoms with van der Waals surface area (Å²) in [5.74, 6) is -0.500. The third kappa shape index (κ3) is 9.16. The van der Waals surface area contributed by atoms with E-state index in [-0.39, 0.29) is 55.1 Å². The summed E-state index contributed by atoms with van der Waals surface area (Å²) in [5, 5.41) is 18.2. The Morgan fingerprint density at radius 2 is 1.78 bits per heavy atom. The van der Waals surface area contributed by atoms with Crippen molar-refractivity contribution < 1.29 is 29.0 Å². The van der Waals surface area contributed by atoms with Gasteiger partial charge in [0.2, 0.25) is 0 Å². The number of hydrogen-bond donors (Lipinski definition) is 3. The molecule has 1 aromatic heterocycles. The lowest BCUT2D eigenvalue weighted by Gasteiger charge is -2.35. The van der Waals surface area contributed by atoms with E-state index in [1.165, 1.54) is 0 Å². The molecule has 2 heterocycles. The van der Waals surface area contributed by atoms with Crippen molar-refractivity contribution in [2.75, 3.05) is 44.0 Å². The van der Waals surface area contributed by atoms with Crippen molar-refractivity contribution in [3.63, 3.8) is 0 Å². The Balaban J connectivity index is 1.38. The van der Waals surface area contributed by atoms with Crippen molar-refractivity contribution >= 4 is 40.0 Å². The zero-order valence-corrected chi connectivity index (χ0v) is 29.2. The van der Waals surface area contributed by atoms with Crippen LogP contribution in [0.4, 0.5) is 16.2 Å². The summed E-state index contributed by atoms with van der Waals surface area (Å²) in [7, 11) is 1.73. The van der Waals surface area contributed by atoms with Crippen LogP contribution < -0.4 is 15.4 Å². The molecule has 4 aromatic rings. The van der Waals surface area contributed by atoms with Gasteiger partial charge in [0.25, 0.3) is 11.8 Å². The van der Waals surface area contributed by atoms with Crippen LogP contribution in [0.25, 0.3) is 10.8 Å². The first-order valence-corrected chi connectivity index (χ1v) is 17.2. The third-order valence-electron chi connectivity index (χ3n) is 9.08. The number of rotatable bonds is 7. The highest BCUT2D eigenvalue weighted by Crippen LogP contribution is 2.29. The largest absolute Gasteiger partial charge is 0.490 e. The Kier molecular flexibility index (Phi) is 12.4. The van der Waals surface area contributed by atoms with Crippen LogP contribution in [0.3, 0.4) is 0 Å². The molecule has 3 aromatic carbocycles. The van der Waals surface area contributed by atoms with E-state index >= 15 is 0 Å². The standard InChI is InChI=1S/C39H47N5O6/c1-26-23-44(27(2)25-45)38(47)33-22-31(41-37(46)30-17-19-40-20-18-30)15-16-35(33)50-28(3)10-7-8-21-49-36(26)24-43(4)39(48)42-34-14-9-12-29-11-5-6-13-32(29)34/h5-6,9,11-20,22,26-28,36,45H,7-8,10,21,23-25H2,1-4H3,(H,41,46)(H,42,48)/t26-,27+,28-,36-/m1/s1. The van der Waals surface area contributed by atoms with E-state index in [0.29, 0.717) is 23.6 Å². The van der Waals surface area contributed by atoms with Gasteiger partial charge in [0.1, 0.15) is 5.75 Å². The number of pyridine rings is 1. The number of fused-ring (bicyclic) bond motifs is 2. The molecule has 4 amide bonds. The van der Waals surface area contributed by atoms with Gasteiger partial charge in [0.05, 0.1) is 36.1 Å². The van der Waals surface area contributed by atoms with Crippen LogP contribution in [0.15, 0.2) is 85.2 Å². The molecule has 264 valence electrons. The van der Waals surface area contributed by atoms with Gasteiger partial charge in [-0.3, -0.25) is 14.6 Å². The van der Waals surface area contributed by atoms with Gasteiger partial charge in [-0.2, -0.15) is 0 Å². The van der Waals surface area contributed by atoms with Crippen molar-refractivity contribution in [2.45, 2.75) is 58.3 Å². The molecule has 50 heavy (non-hydrogen) atoms. The normalized spacial score (nSPS) is 19.4. The highest BCUT2D eigenvalue weighted by Gasteiger charge is 2.31. The van der Waals surface area contributed by atoms with Crippen LogP contribution in [0.2, 0.25) is 0 Å². The Morgan fingerprint density at radius 1 is 1.02 bits per heavy atom. The van der Waals surface area contributed by atoms with Crippen molar-refractivity contribution in [1.29, 1.82) is 0 Å². The number of nitrogens with zero attached hydrogens (tertiary/aromatic N) is 3. The summed E-state index contributed by atoms with van der Waals surface area (Å²) in [6.07, 6.45) is 4.87. The molecule has 0 aliphatic carbocycles. The quantitative estimate of drug-likeness (QED) is 0.204. The number of nitrogens with one attached hydrogen (secondary N) is 2. The summed E-state index contributed by atoms with van der Waals surface area (Å²) < 4.78 is 12.7. The van der Waals surface area contributed by atoms with Gasteiger partial charge in [0, 0.05) is 61.7 Å². The molecule has 0 saturated carbocycles. The van der Waals surface area contributed by atoms with Crippen LogP contribution in [-0.4, -0.2) is 89.3 Å². The van der Waals surface area contributed by atoms with Gasteiger partial charge in [0.15, 0.2) is 0 Å². The first-order chi connectivity index (χ1) is 24.1. The molecular weight excluding hydrogens is 634 g/mol. The van der Waals surface area contributed by atoms with E-state index in [0.717, 1.165) is 35.7 Å². The summed E-state index contributed by atoms with van der Waals surface area (Å²) in [5.41, 5.74) is 1.86. The van der Waals surface area contributed by atoms with Crippen molar-refractivity contribution in [2.24, 2.45) is 5.92 Å². The maximum atomic E-state index is 14.4. The SMILES string of the molecule is C[C@@H]1CCCCO[C@H](CN(C)C(=O)Nc2cccc3ccccc23)[C@H](C)CN([C@@H](C)CO)C(=O)c2cc(NC(=O)c3ccncc3)ccc2O1. The molecule has 1 aliphatic rings. The Labute approximate surface area is 293 Å². The number of anilines is 2. The number of hydrogen-bond acceptors (Lipinski definition) is 7. The minimum Gasteiger partial charge on any atom is -0.490 e. The van der Waals surface area contributed by atoms with Crippen molar-refractivity contribution in [3.05, 3.63) is 96.3 Å². The molecule has 0 bridgehead atoms. The second kappa shape index (κ2) is 17.1. The lowest BCUT2D eigenvalue weighted by atomic mass is 10.0. The van der Waals surface area contributed by atoms with Gasteiger partial charge >= 0.3 is 6.03 Å². The number of carbonyl (C=O) groups excluding carboxylic acids is 3. The zero-order valence-electron chi connectivity index (χ0n) is 29.2. The van der Waals surface area contributed by atoms with Gasteiger partial charge in [-0.25, -0.2) is 4.79 Å². The van der Waals surface area contributed by atoms with Gasteiger partial charge < -0.3 is 35.0 Å². The van der Waals surface area contributed by atoms with E-state index < -0.39 is 12.1 Å². The number of likely N-dealkylation sites (N-methyl/N-ethyl adjacent to an activating group) is 1. The van der Waals surface area contributed by atoms with Crippen molar-refractivity contribution in [1.82, 2.24) is 14.8 Å². The molecule has 5 rings (SSSR count). The van der Waals surface area contributed by atoms with Gasteiger partial charge in [-0.1, -0.05) is 43.3 Å². The average Bonchev–Trinajstić information content (AvgIpc) is 3.13. The smallest absolute Gasteiger partial charge is 0.321 e. The molecule has 11 nitrogen and oxygen atoms in total. The van der Waals surface area contributed by atoms with Crippen LogP contribution in [0.1, 0.15) is 60.7 Å². The second-order valence-electron chi connectivity index (χ2n) is 13.0. The van der Waals surface area contributed by atoms with E-state index in [4.69, 9.17) is 9.47 Å². The minimum atomic E-state index is -0.536. The molecule has 0 spiro atoms. The second-order valence-corrected chi connectivity index (χ2v) is 13.0. The number of aliphatic hydroxyl groups excluding tert-OH is 1. The average molecular weight is 682 g/mol. The fourth-order valence-corrected chi connectivity index (χ4v) is 6.07. The first kappa shape index (κ1) is 36.3. The first-order valence-electron chi connectivity index (χ1n) is 17.2. The maximum Gasteiger partial charge on any atom is 0.321 e. The highest BCUT2D eigenvalue weighted by molar-refractivity contribution is 6.05. The number of benzene rings is 3. The predicted octanol–water partition coefficient (Wildman–Crippen LogP) is 6.45. The van der Waals surface area contributed by atoms with Crippen LogP contribution in [0, 0.1) is 5.92 Å². The van der Waals surface area contributed by atoms with E-state index in [1.54, 1.807) is 66.5 Å². The number of ether oxygens (including phenoxy) is 2. The van der Waals surface area contributed by atoms with E-state index in [9.17, 15) is 19.5 Å². The molecule has 1 aliphatic heterocycles. The van der Waals surface area contributed by atoms with Gasteiger partial charge in [-0.15, -0.1) is 0 Å². The number of carbonyl (C=O) groups is 3. The van der Waals surface area contributed by atoms with Crippen LogP contribution >= 0.6 is 0 Å². The fourth-order valence-electron chi connectivity index (χ4n) is 6.07. The monoisotopic (exact) mass is 681 g/mol. The number of amides is 4. The molecule has 3 N–H and O–H groups in total. The molecule has 0 fully saturated rings. The zero-order chi connectivity index (χ0) is 35.6. The highest BCUT2D eigenvalue weighted by atomic mass is 16.5. The molecule has 0 radical (unpaired) electrons. The summed E-state index contributed by atoms with van der Waals surface area (Å²) >= 11 is 0. The summed E-state index contributed by atoms with van der Waals surface area (Å²) in [6.45, 7) is 6.49. The van der Waals surface area contributed by atoms with Gasteiger partial charge in [-0.05, 0) is 74.9 Å². The molecular formula is C39H47N5O6. The van der Waals surface area contributed by atoms with Crippen LogP contribution in [-0.2, 0) is 4.74 Å². The lowest BCUT2D eigenvalue weighted by molar-refractivity contribution is -0.0115. The topological polar surface area (TPSA) is 133 Å².